The van der Waals surface area contributed by atoms with E-state index in [9.17, 15) is 19.2 Å². The van der Waals surface area contributed by atoms with Crippen molar-refractivity contribution < 1.29 is 19.1 Å². The first-order chi connectivity index (χ1) is 21.3. The summed E-state index contributed by atoms with van der Waals surface area (Å²) in [6.07, 6.45) is 6.23. The van der Waals surface area contributed by atoms with E-state index in [0.29, 0.717) is 13.1 Å². The first-order valence-electron chi connectivity index (χ1n) is 14.6. The minimum Gasteiger partial charge on any atom is -0.482 e. The third kappa shape index (κ3) is 8.70. The molecule has 0 bridgehead atoms. The van der Waals surface area contributed by atoms with Crippen LogP contribution >= 0.6 is 0 Å². The van der Waals surface area contributed by atoms with Gasteiger partial charge in [0, 0.05) is 39.6 Å². The van der Waals surface area contributed by atoms with E-state index in [0.717, 1.165) is 36.8 Å². The molecule has 0 aliphatic rings. The maximum absolute atomic E-state index is 12.9. The molecule has 0 radical (unpaired) electrons. The Morgan fingerprint density at radius 2 is 0.977 bits per heavy atom. The highest BCUT2D eigenvalue weighted by Gasteiger charge is 2.18. The second-order valence-corrected chi connectivity index (χ2v) is 10.4. The van der Waals surface area contributed by atoms with Crippen molar-refractivity contribution in [2.75, 3.05) is 13.1 Å². The van der Waals surface area contributed by atoms with Gasteiger partial charge in [-0.1, -0.05) is 73.5 Å². The number of amides is 2. The molecule has 230 valence electrons. The Labute approximate surface area is 256 Å². The Bertz CT molecular complexity index is 1540. The molecule has 0 unspecified atom stereocenters. The summed E-state index contributed by atoms with van der Waals surface area (Å²) < 4.78 is 14.3. The van der Waals surface area contributed by atoms with Crippen molar-refractivity contribution in [2.24, 2.45) is 14.1 Å². The van der Waals surface area contributed by atoms with Crippen LogP contribution in [0.25, 0.3) is 0 Å². The van der Waals surface area contributed by atoms with Crippen molar-refractivity contribution in [1.29, 1.82) is 0 Å². The van der Waals surface area contributed by atoms with Gasteiger partial charge < -0.3 is 29.2 Å². The zero-order valence-corrected chi connectivity index (χ0v) is 25.1. The molecule has 2 N–H and O–H groups in total. The van der Waals surface area contributed by atoms with Crippen LogP contribution in [0.5, 0.6) is 11.5 Å². The predicted molar refractivity (Wildman–Crippen MR) is 168 cm³/mol. The molecule has 44 heavy (non-hydrogen) atoms. The van der Waals surface area contributed by atoms with Gasteiger partial charge in [0.2, 0.25) is 0 Å². The molecule has 2 aromatic heterocycles. The fourth-order valence-electron chi connectivity index (χ4n) is 4.50. The summed E-state index contributed by atoms with van der Waals surface area (Å²) in [5, 5.41) is 5.74. The molecule has 10 heteroatoms. The summed E-state index contributed by atoms with van der Waals surface area (Å²) in [5.74, 6) is -0.677. The number of carbonyl (C=O) groups is 2. The Balaban J connectivity index is 1.19. The van der Waals surface area contributed by atoms with Crippen molar-refractivity contribution in [2.45, 2.75) is 38.9 Å². The van der Waals surface area contributed by atoms with E-state index in [1.807, 2.05) is 60.7 Å². The number of rotatable bonds is 15. The van der Waals surface area contributed by atoms with Gasteiger partial charge >= 0.3 is 0 Å². The zero-order valence-electron chi connectivity index (χ0n) is 25.1. The lowest BCUT2D eigenvalue weighted by Crippen LogP contribution is -2.29. The summed E-state index contributed by atoms with van der Waals surface area (Å²) in [6.45, 7) is 1.24. The zero-order chi connectivity index (χ0) is 31.3. The second-order valence-electron chi connectivity index (χ2n) is 10.4. The number of aromatic nitrogens is 2. The molecule has 2 amide bonds. The minimum atomic E-state index is -0.374. The molecule has 0 fully saturated rings. The third-order valence-corrected chi connectivity index (χ3v) is 7.06. The van der Waals surface area contributed by atoms with Crippen LogP contribution in [0.2, 0.25) is 0 Å². The molecule has 0 aliphatic heterocycles. The molecule has 4 aromatic rings. The average molecular weight is 599 g/mol. The number of hydrogen-bond donors (Lipinski definition) is 2. The number of nitrogens with one attached hydrogen (secondary N) is 2. The molecule has 0 aliphatic carbocycles. The van der Waals surface area contributed by atoms with Gasteiger partial charge in [-0.2, -0.15) is 0 Å². The Morgan fingerprint density at radius 3 is 1.36 bits per heavy atom. The topological polar surface area (TPSA) is 121 Å². The number of pyridine rings is 2. The van der Waals surface area contributed by atoms with E-state index in [1.54, 1.807) is 38.6 Å². The van der Waals surface area contributed by atoms with E-state index < -0.39 is 0 Å². The maximum Gasteiger partial charge on any atom is 0.293 e. The lowest BCUT2D eigenvalue weighted by molar-refractivity contribution is 0.0937. The summed E-state index contributed by atoms with van der Waals surface area (Å²) in [5.41, 5.74) is 1.45. The number of ether oxygens (including phenoxy) is 2. The largest absolute Gasteiger partial charge is 0.482 e. The van der Waals surface area contributed by atoms with Gasteiger partial charge in [-0.3, -0.25) is 19.2 Å². The highest BCUT2D eigenvalue weighted by molar-refractivity contribution is 5.97. The van der Waals surface area contributed by atoms with E-state index >= 15 is 0 Å². The first kappa shape index (κ1) is 31.8. The highest BCUT2D eigenvalue weighted by Crippen LogP contribution is 2.16. The van der Waals surface area contributed by atoms with Gasteiger partial charge in [0.25, 0.3) is 22.9 Å². The van der Waals surface area contributed by atoms with E-state index in [1.165, 1.54) is 9.13 Å². The Hall–Kier alpha value is -5.12. The van der Waals surface area contributed by atoms with Crippen LogP contribution in [-0.4, -0.2) is 34.0 Å². The van der Waals surface area contributed by atoms with Crippen molar-refractivity contribution in [3.63, 3.8) is 0 Å². The molecule has 0 saturated heterocycles. The summed E-state index contributed by atoms with van der Waals surface area (Å²) >= 11 is 0. The van der Waals surface area contributed by atoms with Crippen molar-refractivity contribution in [3.8, 4) is 11.5 Å². The monoisotopic (exact) mass is 598 g/mol. The Morgan fingerprint density at radius 1 is 0.591 bits per heavy atom. The number of benzene rings is 2. The molecular weight excluding hydrogens is 560 g/mol. The van der Waals surface area contributed by atoms with Crippen molar-refractivity contribution in [3.05, 3.63) is 128 Å². The van der Waals surface area contributed by atoms with E-state index in [4.69, 9.17) is 9.47 Å². The van der Waals surface area contributed by atoms with Gasteiger partial charge in [-0.15, -0.1) is 0 Å². The predicted octanol–water partition coefficient (Wildman–Crippen LogP) is 3.96. The first-order valence-corrected chi connectivity index (χ1v) is 14.6. The maximum atomic E-state index is 12.9. The second kappa shape index (κ2) is 15.9. The lowest BCUT2D eigenvalue weighted by Gasteiger charge is -2.13. The number of aryl methyl sites for hydroxylation is 2. The molecule has 4 rings (SSSR count). The summed E-state index contributed by atoms with van der Waals surface area (Å²) in [4.78, 5) is 51.1. The van der Waals surface area contributed by atoms with Crippen LogP contribution in [-0.2, 0) is 27.3 Å². The molecule has 0 saturated carbocycles. The number of carbonyl (C=O) groups excluding carboxylic acids is 2. The normalized spacial score (nSPS) is 10.7. The molecule has 0 atom stereocenters. The molecule has 10 nitrogen and oxygen atoms in total. The van der Waals surface area contributed by atoms with Gasteiger partial charge in [0.15, 0.2) is 11.5 Å². The summed E-state index contributed by atoms with van der Waals surface area (Å²) in [6, 6.07) is 22.1. The Kier molecular flexibility index (Phi) is 11.5. The average Bonchev–Trinajstić information content (AvgIpc) is 3.04. The fourth-order valence-corrected chi connectivity index (χ4v) is 4.50. The molecule has 2 aromatic carbocycles. The van der Waals surface area contributed by atoms with Crippen LogP contribution in [0.3, 0.4) is 0 Å². The van der Waals surface area contributed by atoms with Crippen molar-refractivity contribution in [1.82, 2.24) is 19.8 Å². The highest BCUT2D eigenvalue weighted by atomic mass is 16.5. The molecule has 0 spiro atoms. The third-order valence-electron chi connectivity index (χ3n) is 7.06. The van der Waals surface area contributed by atoms with Crippen LogP contribution in [0, 0.1) is 0 Å². The lowest BCUT2D eigenvalue weighted by atomic mass is 10.1. The summed E-state index contributed by atoms with van der Waals surface area (Å²) in [7, 11) is 3.23. The van der Waals surface area contributed by atoms with Crippen LogP contribution in [0.15, 0.2) is 94.8 Å². The smallest absolute Gasteiger partial charge is 0.293 e. The minimum absolute atomic E-state index is 0.0250. The fraction of sp³-hybridized carbons (Fsp3) is 0.294. The number of hydrogen-bond acceptors (Lipinski definition) is 6. The quantitative estimate of drug-likeness (QED) is 0.200. The van der Waals surface area contributed by atoms with E-state index in [-0.39, 0.29) is 58.8 Å². The van der Waals surface area contributed by atoms with Gasteiger partial charge in [0.1, 0.15) is 13.2 Å². The van der Waals surface area contributed by atoms with Crippen LogP contribution < -0.4 is 31.2 Å². The SMILES string of the molecule is Cn1ccc(C(=O)NCCCCCCNC(=O)c2ccn(C)c(=O)c2OCc2ccccc2)c(OCc2ccccc2)c1=O. The standard InChI is InChI=1S/C34H38N4O6/c1-37-21-17-27(29(33(37)41)43-23-25-13-7-5-8-14-25)31(39)35-19-11-3-4-12-20-36-32(40)28-18-22-38(2)34(42)30(28)44-24-26-15-9-6-10-16-26/h5-10,13-18,21-22H,3-4,11-12,19-20,23-24H2,1-2H3,(H,35,39)(H,36,40). The van der Waals surface area contributed by atoms with Crippen LogP contribution in [0.4, 0.5) is 0 Å². The van der Waals surface area contributed by atoms with Gasteiger partial charge in [-0.25, -0.2) is 0 Å². The molecule has 2 heterocycles. The van der Waals surface area contributed by atoms with Gasteiger partial charge in [0.05, 0.1) is 11.1 Å². The van der Waals surface area contributed by atoms with Crippen molar-refractivity contribution >= 4 is 11.8 Å². The molecular formula is C34H38N4O6. The van der Waals surface area contributed by atoms with Crippen LogP contribution in [0.1, 0.15) is 57.5 Å². The van der Waals surface area contributed by atoms with E-state index in [2.05, 4.69) is 10.6 Å². The number of unbranched alkanes of at least 4 members (excludes halogenated alkanes) is 3. The number of nitrogens with zero attached hydrogens (tertiary/aromatic N) is 2. The van der Waals surface area contributed by atoms with Gasteiger partial charge in [-0.05, 0) is 36.1 Å².